The molecule has 1 heterocycles. The van der Waals surface area contributed by atoms with Crippen molar-refractivity contribution in [2.24, 2.45) is 5.73 Å². The van der Waals surface area contributed by atoms with Crippen LogP contribution in [0.4, 0.5) is 0 Å². The van der Waals surface area contributed by atoms with Crippen molar-refractivity contribution in [1.82, 2.24) is 9.78 Å². The minimum Gasteiger partial charge on any atom is -0.330 e. The summed E-state index contributed by atoms with van der Waals surface area (Å²) in [5.41, 5.74) is 10.3. The van der Waals surface area contributed by atoms with Gasteiger partial charge in [-0.25, -0.2) is 4.68 Å². The second kappa shape index (κ2) is 4.49. The highest BCUT2D eigenvalue weighted by molar-refractivity contribution is 5.39. The molecule has 0 bridgehead atoms. The maximum Gasteiger partial charge on any atom is 0.0650 e. The number of benzene rings is 1. The molecule has 2 aromatic rings. The molecule has 0 aliphatic heterocycles. The fourth-order valence-corrected chi connectivity index (χ4v) is 1.88. The number of hydrogen-bond donors (Lipinski definition) is 1. The van der Waals surface area contributed by atoms with Crippen LogP contribution in [0.3, 0.4) is 0 Å². The van der Waals surface area contributed by atoms with Crippen molar-refractivity contribution < 1.29 is 0 Å². The van der Waals surface area contributed by atoms with Gasteiger partial charge < -0.3 is 5.73 Å². The molecule has 0 unspecified atom stereocenters. The molecule has 0 spiro atoms. The van der Waals surface area contributed by atoms with Crippen LogP contribution in [0.2, 0.25) is 0 Å². The Morgan fingerprint density at radius 1 is 1.19 bits per heavy atom. The van der Waals surface area contributed by atoms with Crippen molar-refractivity contribution >= 4 is 0 Å². The van der Waals surface area contributed by atoms with E-state index in [-0.39, 0.29) is 0 Å². The molecule has 0 radical (unpaired) electrons. The topological polar surface area (TPSA) is 43.8 Å². The van der Waals surface area contributed by atoms with E-state index in [1.807, 2.05) is 17.1 Å². The van der Waals surface area contributed by atoms with Crippen LogP contribution >= 0.6 is 0 Å². The summed E-state index contributed by atoms with van der Waals surface area (Å²) in [5, 5.41) is 4.35. The van der Waals surface area contributed by atoms with Gasteiger partial charge in [0, 0.05) is 6.20 Å². The molecule has 0 saturated carbocycles. The van der Waals surface area contributed by atoms with Crippen LogP contribution in [-0.2, 0) is 6.42 Å². The van der Waals surface area contributed by atoms with Gasteiger partial charge in [0.2, 0.25) is 0 Å². The third-order valence-corrected chi connectivity index (χ3v) is 2.54. The van der Waals surface area contributed by atoms with Crippen LogP contribution in [0, 0.1) is 13.8 Å². The molecule has 0 atom stereocenters. The molecule has 16 heavy (non-hydrogen) atoms. The summed E-state index contributed by atoms with van der Waals surface area (Å²) in [6, 6.07) is 6.42. The molecule has 1 aromatic heterocycles. The largest absolute Gasteiger partial charge is 0.330 e. The maximum atomic E-state index is 5.52. The summed E-state index contributed by atoms with van der Waals surface area (Å²) in [7, 11) is 0. The van der Waals surface area contributed by atoms with E-state index in [1.54, 1.807) is 0 Å². The molecule has 3 heteroatoms. The van der Waals surface area contributed by atoms with Gasteiger partial charge in [0.1, 0.15) is 0 Å². The molecule has 84 valence electrons. The van der Waals surface area contributed by atoms with Gasteiger partial charge in [-0.2, -0.15) is 5.10 Å². The first-order valence-corrected chi connectivity index (χ1v) is 5.51. The molecule has 0 fully saturated rings. The standard InChI is InChI=1S/C13H17N3/c1-10-5-11(2)7-13(6-10)16-9-12(3-4-14)8-15-16/h5-9H,3-4,14H2,1-2H3. The number of aryl methyl sites for hydroxylation is 2. The third kappa shape index (κ3) is 2.31. The highest BCUT2D eigenvalue weighted by Gasteiger charge is 2.01. The fourth-order valence-electron chi connectivity index (χ4n) is 1.88. The monoisotopic (exact) mass is 215 g/mol. The van der Waals surface area contributed by atoms with Gasteiger partial charge in [-0.05, 0) is 55.6 Å². The zero-order chi connectivity index (χ0) is 11.5. The van der Waals surface area contributed by atoms with Gasteiger partial charge in [-0.3, -0.25) is 0 Å². The van der Waals surface area contributed by atoms with E-state index in [0.717, 1.165) is 12.1 Å². The molecule has 0 amide bonds. The summed E-state index contributed by atoms with van der Waals surface area (Å²) in [6.07, 6.45) is 4.80. The van der Waals surface area contributed by atoms with Crippen LogP contribution in [0.15, 0.2) is 30.6 Å². The lowest BCUT2D eigenvalue weighted by Gasteiger charge is -2.04. The third-order valence-electron chi connectivity index (χ3n) is 2.54. The van der Waals surface area contributed by atoms with E-state index >= 15 is 0 Å². The number of aromatic nitrogens is 2. The molecule has 0 saturated heterocycles. The highest BCUT2D eigenvalue weighted by atomic mass is 15.3. The summed E-state index contributed by atoms with van der Waals surface area (Å²) in [6.45, 7) is 4.86. The Hall–Kier alpha value is -1.61. The Morgan fingerprint density at radius 2 is 1.88 bits per heavy atom. The van der Waals surface area contributed by atoms with Crippen LogP contribution in [0.5, 0.6) is 0 Å². The summed E-state index contributed by atoms with van der Waals surface area (Å²) < 4.78 is 1.91. The maximum absolute atomic E-state index is 5.52. The summed E-state index contributed by atoms with van der Waals surface area (Å²) in [4.78, 5) is 0. The second-order valence-electron chi connectivity index (χ2n) is 4.18. The van der Waals surface area contributed by atoms with Crippen molar-refractivity contribution in [3.8, 4) is 5.69 Å². The summed E-state index contributed by atoms with van der Waals surface area (Å²) in [5.74, 6) is 0. The van der Waals surface area contributed by atoms with Gasteiger partial charge in [0.25, 0.3) is 0 Å². The van der Waals surface area contributed by atoms with Crippen molar-refractivity contribution in [3.63, 3.8) is 0 Å². The Morgan fingerprint density at radius 3 is 2.50 bits per heavy atom. The number of nitrogens with two attached hydrogens (primary N) is 1. The highest BCUT2D eigenvalue weighted by Crippen LogP contribution is 2.13. The zero-order valence-corrected chi connectivity index (χ0v) is 9.77. The van der Waals surface area contributed by atoms with Crippen LogP contribution in [0.1, 0.15) is 16.7 Å². The van der Waals surface area contributed by atoms with Gasteiger partial charge in [-0.1, -0.05) is 6.07 Å². The van der Waals surface area contributed by atoms with E-state index in [1.165, 1.54) is 16.7 Å². The fraction of sp³-hybridized carbons (Fsp3) is 0.308. The Balaban J connectivity index is 2.34. The molecule has 2 rings (SSSR count). The van der Waals surface area contributed by atoms with Crippen LogP contribution in [0.25, 0.3) is 5.69 Å². The van der Waals surface area contributed by atoms with Gasteiger partial charge in [0.05, 0.1) is 11.9 Å². The zero-order valence-electron chi connectivity index (χ0n) is 9.77. The molecular weight excluding hydrogens is 198 g/mol. The van der Waals surface area contributed by atoms with Crippen molar-refractivity contribution in [3.05, 3.63) is 47.3 Å². The quantitative estimate of drug-likeness (QED) is 0.851. The van der Waals surface area contributed by atoms with Gasteiger partial charge in [-0.15, -0.1) is 0 Å². The molecular formula is C13H17N3. The smallest absolute Gasteiger partial charge is 0.0650 e. The summed E-state index contributed by atoms with van der Waals surface area (Å²) >= 11 is 0. The Kier molecular flexibility index (Phi) is 3.06. The van der Waals surface area contributed by atoms with Gasteiger partial charge in [0.15, 0.2) is 0 Å². The minimum absolute atomic E-state index is 0.665. The number of nitrogens with zero attached hydrogens (tertiary/aromatic N) is 2. The molecule has 3 nitrogen and oxygen atoms in total. The SMILES string of the molecule is Cc1cc(C)cc(-n2cc(CCN)cn2)c1. The first-order chi connectivity index (χ1) is 7.69. The number of rotatable bonds is 3. The van der Waals surface area contributed by atoms with Crippen molar-refractivity contribution in [2.45, 2.75) is 20.3 Å². The van der Waals surface area contributed by atoms with Crippen LogP contribution < -0.4 is 5.73 Å². The molecule has 0 aliphatic rings. The predicted molar refractivity (Wildman–Crippen MR) is 65.8 cm³/mol. The van der Waals surface area contributed by atoms with E-state index in [9.17, 15) is 0 Å². The average molecular weight is 215 g/mol. The van der Waals surface area contributed by atoms with E-state index in [2.05, 4.69) is 37.1 Å². The first kappa shape index (κ1) is 10.9. The lowest BCUT2D eigenvalue weighted by atomic mass is 10.1. The predicted octanol–water partition coefficient (Wildman–Crippen LogP) is 1.99. The molecule has 0 aliphatic carbocycles. The van der Waals surface area contributed by atoms with E-state index in [4.69, 9.17) is 5.73 Å². The van der Waals surface area contributed by atoms with E-state index in [0.29, 0.717) is 6.54 Å². The number of hydrogen-bond acceptors (Lipinski definition) is 2. The van der Waals surface area contributed by atoms with Crippen molar-refractivity contribution in [1.29, 1.82) is 0 Å². The van der Waals surface area contributed by atoms with Crippen LogP contribution in [-0.4, -0.2) is 16.3 Å². The average Bonchev–Trinajstić information content (AvgIpc) is 2.65. The van der Waals surface area contributed by atoms with Gasteiger partial charge >= 0.3 is 0 Å². The molecule has 2 N–H and O–H groups in total. The molecule has 1 aromatic carbocycles. The lowest BCUT2D eigenvalue weighted by molar-refractivity contribution is 0.876. The van der Waals surface area contributed by atoms with E-state index < -0.39 is 0 Å². The minimum atomic E-state index is 0.665. The van der Waals surface area contributed by atoms with Crippen molar-refractivity contribution in [2.75, 3.05) is 6.54 Å². The Bertz CT molecular complexity index is 465. The first-order valence-electron chi connectivity index (χ1n) is 5.51. The Labute approximate surface area is 95.9 Å². The second-order valence-corrected chi connectivity index (χ2v) is 4.18. The normalized spacial score (nSPS) is 10.7. The lowest BCUT2D eigenvalue weighted by Crippen LogP contribution is -2.01.